The van der Waals surface area contributed by atoms with E-state index in [1.165, 1.54) is 12.8 Å². The molecule has 2 heterocycles. The van der Waals surface area contributed by atoms with Crippen LogP contribution in [0.5, 0.6) is 11.5 Å². The van der Waals surface area contributed by atoms with Gasteiger partial charge in [0.2, 0.25) is 5.91 Å². The van der Waals surface area contributed by atoms with Crippen LogP contribution in [0.1, 0.15) is 56.2 Å². The van der Waals surface area contributed by atoms with E-state index in [1.807, 2.05) is 28.9 Å². The van der Waals surface area contributed by atoms with Crippen molar-refractivity contribution in [2.24, 2.45) is 0 Å². The van der Waals surface area contributed by atoms with Gasteiger partial charge in [0.05, 0.1) is 33.0 Å². The molecule has 1 saturated heterocycles. The molecule has 29 heavy (non-hydrogen) atoms. The number of methoxy groups -OCH3 is 2. The van der Waals surface area contributed by atoms with Crippen LogP contribution >= 0.6 is 0 Å². The summed E-state index contributed by atoms with van der Waals surface area (Å²) in [6, 6.07) is 8.38. The summed E-state index contributed by atoms with van der Waals surface area (Å²) < 4.78 is 12.9. The number of hydrogen-bond donors (Lipinski definition) is 1. The number of nitrogens with one attached hydrogen (secondary N) is 1. The van der Waals surface area contributed by atoms with E-state index in [-0.39, 0.29) is 11.9 Å². The Morgan fingerprint density at radius 3 is 2.72 bits per heavy atom. The number of ether oxygens (including phenoxy) is 2. The number of aromatic nitrogens is 2. The van der Waals surface area contributed by atoms with Crippen molar-refractivity contribution in [2.75, 3.05) is 32.6 Å². The number of carbonyl (C=O) groups excluding carboxylic acids is 1. The summed E-state index contributed by atoms with van der Waals surface area (Å²) in [5.74, 6) is 2.39. The van der Waals surface area contributed by atoms with Gasteiger partial charge in [0.1, 0.15) is 17.3 Å². The van der Waals surface area contributed by atoms with Crippen molar-refractivity contribution >= 4 is 11.7 Å². The van der Waals surface area contributed by atoms with Crippen molar-refractivity contribution in [3.05, 3.63) is 36.0 Å². The maximum absolute atomic E-state index is 12.8. The Morgan fingerprint density at radius 1 is 1.14 bits per heavy atom. The first kappa shape index (κ1) is 19.8. The summed E-state index contributed by atoms with van der Waals surface area (Å²) in [6.45, 7) is 1.25. The molecule has 0 radical (unpaired) electrons. The van der Waals surface area contributed by atoms with Gasteiger partial charge >= 0.3 is 0 Å². The fourth-order valence-corrected chi connectivity index (χ4v) is 4.68. The van der Waals surface area contributed by atoms with E-state index < -0.39 is 0 Å². The van der Waals surface area contributed by atoms with Gasteiger partial charge in [-0.05, 0) is 38.3 Å². The number of likely N-dealkylation sites (tertiary alicyclic amines) is 1. The average Bonchev–Trinajstić information content (AvgIpc) is 3.49. The van der Waals surface area contributed by atoms with Gasteiger partial charge in [-0.25, -0.2) is 4.68 Å². The Morgan fingerprint density at radius 2 is 1.97 bits per heavy atom. The lowest BCUT2D eigenvalue weighted by atomic mass is 10.0. The molecule has 1 amide bonds. The number of nitrogens with zero attached hydrogens (tertiary/aromatic N) is 3. The minimum Gasteiger partial charge on any atom is -0.497 e. The maximum Gasteiger partial charge on any atom is 0.239 e. The number of amides is 1. The molecule has 1 aliphatic heterocycles. The second kappa shape index (κ2) is 8.86. The highest BCUT2D eigenvalue weighted by Gasteiger charge is 2.30. The Kier molecular flexibility index (Phi) is 6.04. The van der Waals surface area contributed by atoms with Crippen LogP contribution in [-0.2, 0) is 4.79 Å². The smallest absolute Gasteiger partial charge is 0.239 e. The molecular formula is C22H30N4O3. The highest BCUT2D eigenvalue weighted by molar-refractivity contribution is 5.91. The van der Waals surface area contributed by atoms with Crippen molar-refractivity contribution in [3.63, 3.8) is 0 Å². The molecule has 2 aliphatic rings. The van der Waals surface area contributed by atoms with E-state index in [4.69, 9.17) is 9.47 Å². The molecule has 7 nitrogen and oxygen atoms in total. The third-order valence-corrected chi connectivity index (χ3v) is 6.12. The topological polar surface area (TPSA) is 68.6 Å². The minimum absolute atomic E-state index is 0.00382. The highest BCUT2D eigenvalue weighted by Crippen LogP contribution is 2.38. The SMILES string of the molecule is COc1ccc(C2CCCN2CC(=O)Nc2ccnn2C2CCCC2)c(OC)c1. The zero-order valence-corrected chi connectivity index (χ0v) is 17.3. The number of benzene rings is 1. The molecule has 2 fully saturated rings. The number of rotatable bonds is 7. The van der Waals surface area contributed by atoms with Crippen molar-refractivity contribution in [1.29, 1.82) is 0 Å². The second-order valence-corrected chi connectivity index (χ2v) is 7.88. The van der Waals surface area contributed by atoms with Gasteiger partial charge < -0.3 is 14.8 Å². The van der Waals surface area contributed by atoms with Gasteiger partial charge in [0.25, 0.3) is 0 Å². The van der Waals surface area contributed by atoms with Crippen molar-refractivity contribution in [2.45, 2.75) is 50.6 Å². The van der Waals surface area contributed by atoms with Gasteiger partial charge in [-0.15, -0.1) is 0 Å². The van der Waals surface area contributed by atoms with Gasteiger partial charge in [0, 0.05) is 23.7 Å². The lowest BCUT2D eigenvalue weighted by Crippen LogP contribution is -2.33. The van der Waals surface area contributed by atoms with Crippen LogP contribution in [0.15, 0.2) is 30.5 Å². The summed E-state index contributed by atoms with van der Waals surface area (Å²) in [5.41, 5.74) is 1.11. The normalized spacial score (nSPS) is 20.1. The molecular weight excluding hydrogens is 368 g/mol. The van der Waals surface area contributed by atoms with E-state index in [1.54, 1.807) is 20.4 Å². The lowest BCUT2D eigenvalue weighted by molar-refractivity contribution is -0.117. The van der Waals surface area contributed by atoms with Gasteiger partial charge in [0.15, 0.2) is 0 Å². The molecule has 1 N–H and O–H groups in total. The summed E-state index contributed by atoms with van der Waals surface area (Å²) in [5, 5.41) is 7.53. The van der Waals surface area contributed by atoms with Crippen LogP contribution < -0.4 is 14.8 Å². The van der Waals surface area contributed by atoms with Crippen LogP contribution in [0, 0.1) is 0 Å². The largest absolute Gasteiger partial charge is 0.497 e. The van der Waals surface area contributed by atoms with Crippen molar-refractivity contribution < 1.29 is 14.3 Å². The second-order valence-electron chi connectivity index (χ2n) is 7.88. The van der Waals surface area contributed by atoms with E-state index in [2.05, 4.69) is 15.3 Å². The van der Waals surface area contributed by atoms with Crippen molar-refractivity contribution in [1.82, 2.24) is 14.7 Å². The molecule has 2 aromatic rings. The zero-order valence-electron chi connectivity index (χ0n) is 17.3. The first-order valence-electron chi connectivity index (χ1n) is 10.5. The molecule has 1 aromatic carbocycles. The molecule has 1 unspecified atom stereocenters. The van der Waals surface area contributed by atoms with Crippen molar-refractivity contribution in [3.8, 4) is 11.5 Å². The minimum atomic E-state index is 0.00382. The molecule has 7 heteroatoms. The Balaban J connectivity index is 1.44. The van der Waals surface area contributed by atoms with Gasteiger partial charge in [-0.3, -0.25) is 9.69 Å². The maximum atomic E-state index is 12.8. The quantitative estimate of drug-likeness (QED) is 0.768. The number of hydrogen-bond acceptors (Lipinski definition) is 5. The third-order valence-electron chi connectivity index (χ3n) is 6.12. The summed E-state index contributed by atoms with van der Waals surface area (Å²) >= 11 is 0. The van der Waals surface area contributed by atoms with Crippen LogP contribution in [0.25, 0.3) is 0 Å². The van der Waals surface area contributed by atoms with Gasteiger partial charge in [-0.1, -0.05) is 18.9 Å². The van der Waals surface area contributed by atoms with Gasteiger partial charge in [-0.2, -0.15) is 5.10 Å². The number of anilines is 1. The zero-order chi connectivity index (χ0) is 20.2. The van der Waals surface area contributed by atoms with Crippen LogP contribution in [-0.4, -0.2) is 47.9 Å². The molecule has 0 bridgehead atoms. The molecule has 4 rings (SSSR count). The molecule has 156 valence electrons. The van der Waals surface area contributed by atoms with E-state index in [9.17, 15) is 4.79 Å². The molecule has 1 saturated carbocycles. The van der Waals surface area contributed by atoms with E-state index in [0.29, 0.717) is 12.6 Å². The Bertz CT molecular complexity index is 844. The first-order chi connectivity index (χ1) is 14.2. The van der Waals surface area contributed by atoms with E-state index >= 15 is 0 Å². The summed E-state index contributed by atoms with van der Waals surface area (Å²) in [7, 11) is 3.32. The average molecular weight is 399 g/mol. The number of carbonyl (C=O) groups is 1. The van der Waals surface area contributed by atoms with Crippen LogP contribution in [0.2, 0.25) is 0 Å². The van der Waals surface area contributed by atoms with E-state index in [0.717, 1.165) is 55.1 Å². The van der Waals surface area contributed by atoms with Crippen LogP contribution in [0.4, 0.5) is 5.82 Å². The summed E-state index contributed by atoms with van der Waals surface area (Å²) in [6.07, 6.45) is 8.58. The molecule has 0 spiro atoms. The fraction of sp³-hybridized carbons (Fsp3) is 0.545. The first-order valence-corrected chi connectivity index (χ1v) is 10.5. The molecule has 1 atom stereocenters. The Hall–Kier alpha value is -2.54. The monoisotopic (exact) mass is 398 g/mol. The summed E-state index contributed by atoms with van der Waals surface area (Å²) in [4.78, 5) is 15.1. The molecule has 1 aliphatic carbocycles. The third kappa shape index (κ3) is 4.24. The fourth-order valence-electron chi connectivity index (χ4n) is 4.68. The predicted molar refractivity (Wildman–Crippen MR) is 111 cm³/mol. The lowest BCUT2D eigenvalue weighted by Gasteiger charge is -2.26. The standard InChI is InChI=1S/C22H30N4O3/c1-28-17-9-10-18(20(14-17)29-2)19-8-5-13-25(19)15-22(27)24-21-11-12-23-26(21)16-6-3-4-7-16/h9-12,14,16,19H,3-8,13,15H2,1-2H3,(H,24,27). The molecule has 1 aromatic heterocycles. The highest BCUT2D eigenvalue weighted by atomic mass is 16.5. The Labute approximate surface area is 172 Å². The van der Waals surface area contributed by atoms with Crippen LogP contribution in [0.3, 0.4) is 0 Å². The predicted octanol–water partition coefficient (Wildman–Crippen LogP) is 3.79.